The van der Waals surface area contributed by atoms with Crippen LogP contribution >= 0.6 is 0 Å². The summed E-state index contributed by atoms with van der Waals surface area (Å²) in [5.74, 6) is 0. The van der Waals surface area contributed by atoms with Gasteiger partial charge < -0.3 is 10.6 Å². The molecule has 2 N–H and O–H groups in total. The van der Waals surface area contributed by atoms with Crippen LogP contribution in [-0.4, -0.2) is 7.05 Å². The third-order valence-electron chi connectivity index (χ3n) is 3.40. The molecule has 0 saturated carbocycles. The lowest BCUT2D eigenvalue weighted by Crippen LogP contribution is -2.15. The summed E-state index contributed by atoms with van der Waals surface area (Å²) in [4.78, 5) is 1.72. The smallest absolute Gasteiger partial charge is 0.345 e. The van der Waals surface area contributed by atoms with Gasteiger partial charge in [0.1, 0.15) is 0 Å². The van der Waals surface area contributed by atoms with Crippen molar-refractivity contribution in [2.24, 2.45) is 5.73 Å². The minimum atomic E-state index is -4.40. The molecule has 0 spiro atoms. The third kappa shape index (κ3) is 3.36. The Labute approximate surface area is 122 Å². The van der Waals surface area contributed by atoms with E-state index >= 15 is 0 Å². The quantitative estimate of drug-likeness (QED) is 0.917. The van der Waals surface area contributed by atoms with Crippen molar-refractivity contribution in [2.75, 3.05) is 11.9 Å². The van der Waals surface area contributed by atoms with Gasteiger partial charge in [0.15, 0.2) is 0 Å². The fraction of sp³-hybridized carbons (Fsp3) is 0.250. The molecular weight excluding hydrogens is 277 g/mol. The van der Waals surface area contributed by atoms with Gasteiger partial charge in [-0.3, -0.25) is 0 Å². The first-order chi connectivity index (χ1) is 9.82. The molecule has 0 saturated heterocycles. The van der Waals surface area contributed by atoms with Gasteiger partial charge in [-0.15, -0.1) is 0 Å². The van der Waals surface area contributed by atoms with Crippen LogP contribution in [-0.2, 0) is 12.7 Å². The highest BCUT2D eigenvalue weighted by Crippen LogP contribution is 2.35. The summed E-state index contributed by atoms with van der Waals surface area (Å²) in [5.41, 5.74) is 7.18. The maximum Gasteiger partial charge on any atom is 0.416 e. The molecule has 21 heavy (non-hydrogen) atoms. The molecule has 0 amide bonds. The number of anilines is 2. The molecule has 112 valence electrons. The van der Waals surface area contributed by atoms with Crippen molar-refractivity contribution in [2.45, 2.75) is 19.6 Å². The Morgan fingerprint density at radius 3 is 2.29 bits per heavy atom. The van der Waals surface area contributed by atoms with Crippen LogP contribution in [0.2, 0.25) is 0 Å². The number of halogens is 3. The molecule has 0 aliphatic carbocycles. The molecule has 0 atom stereocenters. The first kappa shape index (κ1) is 15.4. The topological polar surface area (TPSA) is 29.3 Å². The lowest BCUT2D eigenvalue weighted by molar-refractivity contribution is -0.138. The minimum absolute atomic E-state index is 0.101. The SMILES string of the molecule is Cc1cccc(N(C)c2ccc(CN)c(C(F)(F)F)c2)c1. The molecule has 2 nitrogen and oxygen atoms in total. The van der Waals surface area contributed by atoms with E-state index in [2.05, 4.69) is 0 Å². The van der Waals surface area contributed by atoms with Crippen molar-refractivity contribution in [3.8, 4) is 0 Å². The van der Waals surface area contributed by atoms with Crippen LogP contribution in [0.5, 0.6) is 0 Å². The Hall–Kier alpha value is -2.01. The number of benzene rings is 2. The van der Waals surface area contributed by atoms with E-state index in [4.69, 9.17) is 5.73 Å². The molecule has 0 heterocycles. The fourth-order valence-corrected chi connectivity index (χ4v) is 2.20. The van der Waals surface area contributed by atoms with E-state index in [1.54, 1.807) is 18.0 Å². The lowest BCUT2D eigenvalue weighted by atomic mass is 10.1. The predicted molar refractivity (Wildman–Crippen MR) is 78.6 cm³/mol. The van der Waals surface area contributed by atoms with Gasteiger partial charge in [-0.2, -0.15) is 13.2 Å². The highest BCUT2D eigenvalue weighted by Gasteiger charge is 2.33. The highest BCUT2D eigenvalue weighted by atomic mass is 19.4. The van der Waals surface area contributed by atoms with Crippen LogP contribution in [0.1, 0.15) is 16.7 Å². The summed E-state index contributed by atoms with van der Waals surface area (Å²) in [6.07, 6.45) is -4.40. The van der Waals surface area contributed by atoms with Gasteiger partial charge in [-0.25, -0.2) is 0 Å². The van der Waals surface area contributed by atoms with Crippen molar-refractivity contribution in [3.05, 3.63) is 59.2 Å². The van der Waals surface area contributed by atoms with Crippen LogP contribution in [0.3, 0.4) is 0 Å². The van der Waals surface area contributed by atoms with Crippen molar-refractivity contribution in [3.63, 3.8) is 0 Å². The number of rotatable bonds is 3. The molecule has 5 heteroatoms. The number of aryl methyl sites for hydroxylation is 1. The molecular formula is C16H17F3N2. The second-order valence-corrected chi connectivity index (χ2v) is 4.94. The number of alkyl halides is 3. The summed E-state index contributed by atoms with van der Waals surface area (Å²) in [6.45, 7) is 1.80. The van der Waals surface area contributed by atoms with Gasteiger partial charge in [0.05, 0.1) is 5.56 Å². The minimum Gasteiger partial charge on any atom is -0.345 e. The lowest BCUT2D eigenvalue weighted by Gasteiger charge is -2.22. The number of nitrogens with two attached hydrogens (primary N) is 1. The van der Waals surface area contributed by atoms with E-state index in [0.29, 0.717) is 5.69 Å². The second kappa shape index (κ2) is 5.77. The van der Waals surface area contributed by atoms with Gasteiger partial charge in [-0.1, -0.05) is 18.2 Å². The van der Waals surface area contributed by atoms with Crippen molar-refractivity contribution in [1.82, 2.24) is 0 Å². The van der Waals surface area contributed by atoms with Gasteiger partial charge in [0.25, 0.3) is 0 Å². The van der Waals surface area contributed by atoms with Crippen molar-refractivity contribution >= 4 is 11.4 Å². The predicted octanol–water partition coefficient (Wildman–Crippen LogP) is 4.24. The number of nitrogens with zero attached hydrogens (tertiary/aromatic N) is 1. The van der Waals surface area contributed by atoms with Crippen molar-refractivity contribution < 1.29 is 13.2 Å². The maximum atomic E-state index is 13.1. The van der Waals surface area contributed by atoms with Gasteiger partial charge in [0.2, 0.25) is 0 Å². The molecule has 2 aromatic carbocycles. The normalized spacial score (nSPS) is 11.5. The Balaban J connectivity index is 2.45. The zero-order valence-electron chi connectivity index (χ0n) is 11.9. The van der Waals surface area contributed by atoms with E-state index < -0.39 is 11.7 Å². The van der Waals surface area contributed by atoms with Crippen LogP contribution in [0, 0.1) is 6.92 Å². The van der Waals surface area contributed by atoms with Crippen LogP contribution in [0.25, 0.3) is 0 Å². The first-order valence-corrected chi connectivity index (χ1v) is 6.53. The van der Waals surface area contributed by atoms with Crippen LogP contribution in [0.15, 0.2) is 42.5 Å². The van der Waals surface area contributed by atoms with Gasteiger partial charge in [-0.05, 0) is 42.3 Å². The highest BCUT2D eigenvalue weighted by molar-refractivity contribution is 5.64. The molecule has 0 bridgehead atoms. The Bertz CT molecular complexity index is 636. The Morgan fingerprint density at radius 2 is 1.71 bits per heavy atom. The zero-order chi connectivity index (χ0) is 15.6. The molecule has 2 rings (SSSR count). The molecule has 0 aromatic heterocycles. The molecule has 0 radical (unpaired) electrons. The van der Waals surface area contributed by atoms with E-state index in [0.717, 1.165) is 17.3 Å². The summed E-state index contributed by atoms with van der Waals surface area (Å²) in [7, 11) is 1.74. The Morgan fingerprint density at radius 1 is 1.05 bits per heavy atom. The number of hydrogen-bond acceptors (Lipinski definition) is 2. The van der Waals surface area contributed by atoms with Gasteiger partial charge in [0, 0.05) is 25.0 Å². The molecule has 0 fully saturated rings. The largest absolute Gasteiger partial charge is 0.416 e. The zero-order valence-corrected chi connectivity index (χ0v) is 11.9. The second-order valence-electron chi connectivity index (χ2n) is 4.94. The van der Waals surface area contributed by atoms with Crippen LogP contribution in [0.4, 0.5) is 24.5 Å². The third-order valence-corrected chi connectivity index (χ3v) is 3.40. The van der Waals surface area contributed by atoms with E-state index in [1.807, 2.05) is 31.2 Å². The molecule has 0 aliphatic rings. The summed E-state index contributed by atoms with van der Waals surface area (Å²) >= 11 is 0. The number of hydrogen-bond donors (Lipinski definition) is 1. The van der Waals surface area contributed by atoms with E-state index in [-0.39, 0.29) is 12.1 Å². The van der Waals surface area contributed by atoms with E-state index in [9.17, 15) is 13.2 Å². The standard InChI is InChI=1S/C16H17F3N2/c1-11-4-3-5-13(8-11)21(2)14-7-6-12(10-20)15(9-14)16(17,18)19/h3-9H,10,20H2,1-2H3. The molecule has 0 unspecified atom stereocenters. The first-order valence-electron chi connectivity index (χ1n) is 6.53. The average molecular weight is 294 g/mol. The summed E-state index contributed by atoms with van der Waals surface area (Å²) in [5, 5.41) is 0. The Kier molecular flexibility index (Phi) is 4.23. The van der Waals surface area contributed by atoms with Gasteiger partial charge >= 0.3 is 6.18 Å². The molecule has 2 aromatic rings. The summed E-state index contributed by atoms with van der Waals surface area (Å²) < 4.78 is 39.2. The van der Waals surface area contributed by atoms with Crippen LogP contribution < -0.4 is 10.6 Å². The molecule has 0 aliphatic heterocycles. The fourth-order valence-electron chi connectivity index (χ4n) is 2.20. The average Bonchev–Trinajstić information content (AvgIpc) is 2.45. The van der Waals surface area contributed by atoms with Crippen molar-refractivity contribution in [1.29, 1.82) is 0 Å². The van der Waals surface area contributed by atoms with E-state index in [1.165, 1.54) is 6.07 Å². The maximum absolute atomic E-state index is 13.1. The summed E-state index contributed by atoms with van der Waals surface area (Å²) in [6, 6.07) is 11.8. The monoisotopic (exact) mass is 294 g/mol.